The highest BCUT2D eigenvalue weighted by molar-refractivity contribution is 9.11. The maximum Gasteiger partial charge on any atom is 0.257 e. The summed E-state index contributed by atoms with van der Waals surface area (Å²) in [5.41, 5.74) is 0.735. The molecule has 0 spiro atoms. The van der Waals surface area contributed by atoms with E-state index < -0.39 is 0 Å². The van der Waals surface area contributed by atoms with Gasteiger partial charge in [-0.3, -0.25) is 9.78 Å². The van der Waals surface area contributed by atoms with Crippen molar-refractivity contribution in [3.63, 3.8) is 0 Å². The van der Waals surface area contributed by atoms with Gasteiger partial charge in [-0.25, -0.2) is 0 Å². The molecule has 1 N–H and O–H groups in total. The summed E-state index contributed by atoms with van der Waals surface area (Å²) >= 11 is 7.02. The summed E-state index contributed by atoms with van der Waals surface area (Å²) in [7, 11) is 0. The minimum atomic E-state index is -0.0838. The Bertz CT molecular complexity index is 730. The topological polar surface area (TPSA) is 51.2 Å². The Balaban J connectivity index is 1.62. The first-order chi connectivity index (χ1) is 11.6. The van der Waals surface area contributed by atoms with Crippen LogP contribution in [0.1, 0.15) is 32.1 Å². The Labute approximate surface area is 158 Å². The van der Waals surface area contributed by atoms with Gasteiger partial charge in [-0.15, -0.1) is 0 Å². The van der Waals surface area contributed by atoms with Crippen molar-refractivity contribution in [2.75, 3.05) is 13.2 Å². The predicted octanol–water partition coefficient (Wildman–Crippen LogP) is 4.84. The molecule has 0 unspecified atom stereocenters. The van der Waals surface area contributed by atoms with Crippen LogP contribution < -0.4 is 10.1 Å². The zero-order chi connectivity index (χ0) is 16.9. The Morgan fingerprint density at radius 2 is 2.04 bits per heavy atom. The number of halogens is 2. The highest BCUT2D eigenvalue weighted by Gasteiger charge is 2.16. The molecule has 1 amide bonds. The fourth-order valence-electron chi connectivity index (χ4n) is 3.12. The molecule has 0 bridgehead atoms. The number of pyridine rings is 1. The van der Waals surface area contributed by atoms with Crippen LogP contribution in [-0.4, -0.2) is 24.0 Å². The lowest BCUT2D eigenvalue weighted by molar-refractivity contribution is -0.123. The average molecular weight is 456 g/mol. The van der Waals surface area contributed by atoms with Gasteiger partial charge in [0, 0.05) is 22.6 Å². The molecule has 1 fully saturated rings. The van der Waals surface area contributed by atoms with E-state index in [4.69, 9.17) is 4.74 Å². The second-order valence-electron chi connectivity index (χ2n) is 6.17. The maximum atomic E-state index is 12.1. The number of nitrogens with zero attached hydrogens (tertiary/aromatic N) is 1. The van der Waals surface area contributed by atoms with Gasteiger partial charge in [-0.05, 0) is 46.8 Å². The zero-order valence-corrected chi connectivity index (χ0v) is 16.5. The molecule has 1 aromatic heterocycles. The van der Waals surface area contributed by atoms with Gasteiger partial charge in [0.1, 0.15) is 5.52 Å². The second kappa shape index (κ2) is 8.30. The lowest BCUT2D eigenvalue weighted by Crippen LogP contribution is -2.33. The molecule has 1 saturated carbocycles. The van der Waals surface area contributed by atoms with E-state index in [-0.39, 0.29) is 12.5 Å². The monoisotopic (exact) mass is 454 g/mol. The largest absolute Gasteiger partial charge is 0.480 e. The average Bonchev–Trinajstić information content (AvgIpc) is 2.60. The highest BCUT2D eigenvalue weighted by atomic mass is 79.9. The molecule has 24 heavy (non-hydrogen) atoms. The fraction of sp³-hybridized carbons (Fsp3) is 0.444. The van der Waals surface area contributed by atoms with Crippen molar-refractivity contribution >= 4 is 48.7 Å². The Morgan fingerprint density at radius 1 is 1.25 bits per heavy atom. The van der Waals surface area contributed by atoms with Crippen molar-refractivity contribution in [3.8, 4) is 5.75 Å². The van der Waals surface area contributed by atoms with Crippen LogP contribution in [0.2, 0.25) is 0 Å². The molecule has 0 radical (unpaired) electrons. The van der Waals surface area contributed by atoms with Gasteiger partial charge in [0.25, 0.3) is 5.91 Å². The van der Waals surface area contributed by atoms with Gasteiger partial charge >= 0.3 is 0 Å². The molecule has 1 heterocycles. The number of amides is 1. The van der Waals surface area contributed by atoms with Crippen LogP contribution in [-0.2, 0) is 4.79 Å². The minimum absolute atomic E-state index is 0.00136. The van der Waals surface area contributed by atoms with E-state index in [2.05, 4.69) is 42.2 Å². The summed E-state index contributed by atoms with van der Waals surface area (Å²) in [6, 6.07) is 5.76. The predicted molar refractivity (Wildman–Crippen MR) is 102 cm³/mol. The van der Waals surface area contributed by atoms with Crippen molar-refractivity contribution in [1.29, 1.82) is 0 Å². The number of carbonyl (C=O) groups is 1. The second-order valence-corrected chi connectivity index (χ2v) is 7.87. The van der Waals surface area contributed by atoms with E-state index in [1.165, 1.54) is 32.1 Å². The molecule has 0 atom stereocenters. The van der Waals surface area contributed by atoms with Crippen molar-refractivity contribution < 1.29 is 9.53 Å². The summed E-state index contributed by atoms with van der Waals surface area (Å²) in [5.74, 6) is 1.13. The van der Waals surface area contributed by atoms with Crippen LogP contribution in [0.15, 0.2) is 33.3 Å². The van der Waals surface area contributed by atoms with Gasteiger partial charge in [0.2, 0.25) is 0 Å². The van der Waals surface area contributed by atoms with Crippen molar-refractivity contribution in [1.82, 2.24) is 10.3 Å². The van der Waals surface area contributed by atoms with Gasteiger partial charge in [0.15, 0.2) is 12.4 Å². The van der Waals surface area contributed by atoms with Crippen LogP contribution in [0.3, 0.4) is 0 Å². The molecular formula is C18H20Br2N2O2. The summed E-state index contributed by atoms with van der Waals surface area (Å²) in [6.45, 7) is 0.751. The van der Waals surface area contributed by atoms with E-state index in [0.717, 1.165) is 26.4 Å². The zero-order valence-electron chi connectivity index (χ0n) is 13.4. The SMILES string of the molecule is O=C(COc1c(Br)cc(Br)c2cccnc12)NCC1CCCCC1. The first-order valence-corrected chi connectivity index (χ1v) is 9.86. The third kappa shape index (κ3) is 4.28. The smallest absolute Gasteiger partial charge is 0.257 e. The van der Waals surface area contributed by atoms with Crippen LogP contribution in [0, 0.1) is 5.92 Å². The van der Waals surface area contributed by atoms with E-state index in [9.17, 15) is 4.79 Å². The van der Waals surface area contributed by atoms with Gasteiger partial charge in [-0.2, -0.15) is 0 Å². The molecule has 6 heteroatoms. The first kappa shape index (κ1) is 17.7. The molecular weight excluding hydrogens is 436 g/mol. The number of hydrogen-bond donors (Lipinski definition) is 1. The molecule has 1 aromatic carbocycles. The molecule has 0 aliphatic heterocycles. The molecule has 1 aliphatic carbocycles. The Morgan fingerprint density at radius 3 is 2.83 bits per heavy atom. The number of nitrogens with one attached hydrogen (secondary N) is 1. The van der Waals surface area contributed by atoms with Gasteiger partial charge < -0.3 is 10.1 Å². The molecule has 2 aromatic rings. The van der Waals surface area contributed by atoms with E-state index in [0.29, 0.717) is 11.7 Å². The normalized spacial score (nSPS) is 15.4. The Hall–Kier alpha value is -1.14. The number of fused-ring (bicyclic) bond motifs is 1. The van der Waals surface area contributed by atoms with E-state index >= 15 is 0 Å². The van der Waals surface area contributed by atoms with Crippen LogP contribution in [0.5, 0.6) is 5.75 Å². The quantitative estimate of drug-likeness (QED) is 0.701. The van der Waals surface area contributed by atoms with Crippen molar-refractivity contribution in [2.24, 2.45) is 5.92 Å². The first-order valence-electron chi connectivity index (χ1n) is 8.27. The summed E-state index contributed by atoms with van der Waals surface area (Å²) < 4.78 is 7.48. The molecule has 128 valence electrons. The fourth-order valence-corrected chi connectivity index (χ4v) is 4.51. The van der Waals surface area contributed by atoms with Gasteiger partial charge in [-0.1, -0.05) is 41.3 Å². The summed E-state index contributed by atoms with van der Waals surface area (Å²) in [4.78, 5) is 16.5. The van der Waals surface area contributed by atoms with Crippen LogP contribution in [0.4, 0.5) is 0 Å². The summed E-state index contributed by atoms with van der Waals surface area (Å²) in [5, 5.41) is 3.95. The molecule has 1 aliphatic rings. The van der Waals surface area contributed by atoms with E-state index in [1.807, 2.05) is 18.2 Å². The number of ether oxygens (including phenoxy) is 1. The number of aromatic nitrogens is 1. The number of rotatable bonds is 5. The molecule has 4 nitrogen and oxygen atoms in total. The third-order valence-corrected chi connectivity index (χ3v) is 5.66. The van der Waals surface area contributed by atoms with Crippen molar-refractivity contribution in [2.45, 2.75) is 32.1 Å². The maximum absolute atomic E-state index is 12.1. The van der Waals surface area contributed by atoms with Gasteiger partial charge in [0.05, 0.1) is 4.47 Å². The standard InChI is InChI=1S/C18H20Br2N2O2/c19-14-9-15(20)18(17-13(14)7-4-8-21-17)24-11-16(23)22-10-12-5-2-1-3-6-12/h4,7-9,12H,1-3,5-6,10-11H2,(H,22,23). The number of hydrogen-bond acceptors (Lipinski definition) is 3. The number of carbonyl (C=O) groups excluding carboxylic acids is 1. The minimum Gasteiger partial charge on any atom is -0.480 e. The summed E-state index contributed by atoms with van der Waals surface area (Å²) in [6.07, 6.45) is 8.03. The number of benzene rings is 1. The lowest BCUT2D eigenvalue weighted by atomic mass is 9.89. The highest BCUT2D eigenvalue weighted by Crippen LogP contribution is 2.37. The Kier molecular flexibility index (Phi) is 6.11. The van der Waals surface area contributed by atoms with Crippen molar-refractivity contribution in [3.05, 3.63) is 33.3 Å². The van der Waals surface area contributed by atoms with Crippen LogP contribution >= 0.6 is 31.9 Å². The van der Waals surface area contributed by atoms with E-state index in [1.54, 1.807) is 6.20 Å². The third-order valence-electron chi connectivity index (χ3n) is 4.41. The lowest BCUT2D eigenvalue weighted by Gasteiger charge is -2.21. The molecule has 3 rings (SSSR count). The van der Waals surface area contributed by atoms with Crippen LogP contribution in [0.25, 0.3) is 10.9 Å². The molecule has 0 saturated heterocycles.